The number of para-hydroxylation sites is 1. The van der Waals surface area contributed by atoms with E-state index in [1.807, 2.05) is 12.1 Å². The minimum Gasteiger partial charge on any atom is -0.384 e. The highest BCUT2D eigenvalue weighted by molar-refractivity contribution is 5.81. The van der Waals surface area contributed by atoms with Gasteiger partial charge < -0.3 is 10.2 Å². The molecule has 1 saturated heterocycles. The van der Waals surface area contributed by atoms with E-state index in [1.54, 1.807) is 0 Å². The highest BCUT2D eigenvalue weighted by Gasteiger charge is 2.09. The molecule has 1 aliphatic rings. The zero-order valence-corrected chi connectivity index (χ0v) is 14.6. The fourth-order valence-corrected chi connectivity index (χ4v) is 3.53. The SMILES string of the molecule is c1ccc2nc(-c3ccc(NCCN4CCCCC4)cc3)ccc2c1. The molecule has 2 aromatic carbocycles. The average Bonchev–Trinajstić information content (AvgIpc) is 2.69. The van der Waals surface area contributed by atoms with E-state index < -0.39 is 0 Å². The van der Waals surface area contributed by atoms with E-state index in [1.165, 1.54) is 43.4 Å². The first-order valence-electron chi connectivity index (χ1n) is 9.31. The lowest BCUT2D eigenvalue weighted by atomic mass is 10.1. The molecule has 128 valence electrons. The summed E-state index contributed by atoms with van der Waals surface area (Å²) < 4.78 is 0. The zero-order valence-electron chi connectivity index (χ0n) is 14.6. The Morgan fingerprint density at radius 2 is 1.64 bits per heavy atom. The van der Waals surface area contributed by atoms with Gasteiger partial charge in [0.1, 0.15) is 0 Å². The second-order valence-electron chi connectivity index (χ2n) is 6.80. The Morgan fingerprint density at radius 3 is 2.48 bits per heavy atom. The molecule has 3 aromatic rings. The first-order valence-corrected chi connectivity index (χ1v) is 9.31. The third-order valence-corrected chi connectivity index (χ3v) is 4.98. The van der Waals surface area contributed by atoms with Crippen LogP contribution in [0.25, 0.3) is 22.2 Å². The Balaban J connectivity index is 1.38. The van der Waals surface area contributed by atoms with Crippen molar-refractivity contribution in [1.82, 2.24) is 9.88 Å². The molecule has 1 fully saturated rings. The van der Waals surface area contributed by atoms with E-state index in [-0.39, 0.29) is 0 Å². The van der Waals surface area contributed by atoms with Crippen molar-refractivity contribution in [3.05, 3.63) is 60.7 Å². The van der Waals surface area contributed by atoms with Crippen molar-refractivity contribution in [2.24, 2.45) is 0 Å². The molecule has 0 amide bonds. The van der Waals surface area contributed by atoms with Crippen LogP contribution in [0.15, 0.2) is 60.7 Å². The molecular formula is C22H25N3. The smallest absolute Gasteiger partial charge is 0.0709 e. The van der Waals surface area contributed by atoms with Gasteiger partial charge >= 0.3 is 0 Å². The number of nitrogens with zero attached hydrogens (tertiary/aromatic N) is 2. The summed E-state index contributed by atoms with van der Waals surface area (Å²) in [6.07, 6.45) is 4.11. The number of piperidine rings is 1. The molecular weight excluding hydrogens is 306 g/mol. The van der Waals surface area contributed by atoms with E-state index in [9.17, 15) is 0 Å². The van der Waals surface area contributed by atoms with Crippen molar-refractivity contribution in [2.75, 3.05) is 31.5 Å². The first-order chi connectivity index (χ1) is 12.4. The molecule has 0 saturated carbocycles. The van der Waals surface area contributed by atoms with Crippen LogP contribution in [0.2, 0.25) is 0 Å². The van der Waals surface area contributed by atoms with Gasteiger partial charge in [0.2, 0.25) is 0 Å². The highest BCUT2D eigenvalue weighted by Crippen LogP contribution is 2.22. The maximum Gasteiger partial charge on any atom is 0.0709 e. The van der Waals surface area contributed by atoms with Crippen molar-refractivity contribution in [2.45, 2.75) is 19.3 Å². The van der Waals surface area contributed by atoms with Gasteiger partial charge in [0.05, 0.1) is 11.2 Å². The topological polar surface area (TPSA) is 28.2 Å². The van der Waals surface area contributed by atoms with Crippen molar-refractivity contribution in [3.63, 3.8) is 0 Å². The molecule has 1 aliphatic heterocycles. The van der Waals surface area contributed by atoms with Gasteiger partial charge in [0, 0.05) is 29.7 Å². The Morgan fingerprint density at radius 1 is 0.840 bits per heavy atom. The van der Waals surface area contributed by atoms with Crippen molar-refractivity contribution < 1.29 is 0 Å². The van der Waals surface area contributed by atoms with Gasteiger partial charge in [-0.25, -0.2) is 4.98 Å². The molecule has 4 rings (SSSR count). The molecule has 0 unspecified atom stereocenters. The lowest BCUT2D eigenvalue weighted by molar-refractivity contribution is 0.237. The second-order valence-corrected chi connectivity index (χ2v) is 6.80. The van der Waals surface area contributed by atoms with Crippen LogP contribution in [-0.4, -0.2) is 36.1 Å². The van der Waals surface area contributed by atoms with Gasteiger partial charge in [0.15, 0.2) is 0 Å². The lowest BCUT2D eigenvalue weighted by Crippen LogP contribution is -2.33. The maximum absolute atomic E-state index is 4.77. The van der Waals surface area contributed by atoms with E-state index in [0.717, 1.165) is 29.9 Å². The summed E-state index contributed by atoms with van der Waals surface area (Å²) >= 11 is 0. The molecule has 3 nitrogen and oxygen atoms in total. The summed E-state index contributed by atoms with van der Waals surface area (Å²) in [7, 11) is 0. The summed E-state index contributed by atoms with van der Waals surface area (Å²) in [4.78, 5) is 7.33. The van der Waals surface area contributed by atoms with Crippen LogP contribution in [0.4, 0.5) is 5.69 Å². The number of nitrogens with one attached hydrogen (secondary N) is 1. The van der Waals surface area contributed by atoms with Gasteiger partial charge in [-0.15, -0.1) is 0 Å². The second kappa shape index (κ2) is 7.66. The summed E-state index contributed by atoms with van der Waals surface area (Å²) in [6.45, 7) is 4.66. The molecule has 0 aliphatic carbocycles. The number of pyridine rings is 1. The van der Waals surface area contributed by atoms with Crippen LogP contribution in [0.5, 0.6) is 0 Å². The largest absolute Gasteiger partial charge is 0.384 e. The van der Waals surface area contributed by atoms with Crippen molar-refractivity contribution in [3.8, 4) is 11.3 Å². The van der Waals surface area contributed by atoms with Crippen LogP contribution < -0.4 is 5.32 Å². The van der Waals surface area contributed by atoms with Crippen LogP contribution in [-0.2, 0) is 0 Å². The van der Waals surface area contributed by atoms with E-state index in [4.69, 9.17) is 4.98 Å². The quantitative estimate of drug-likeness (QED) is 0.728. The van der Waals surface area contributed by atoms with Gasteiger partial charge in [-0.05, 0) is 50.2 Å². The molecule has 0 atom stereocenters. The first kappa shape index (κ1) is 16.1. The third kappa shape index (κ3) is 3.99. The normalized spacial score (nSPS) is 15.4. The number of anilines is 1. The van der Waals surface area contributed by atoms with E-state index >= 15 is 0 Å². The molecule has 1 aromatic heterocycles. The number of fused-ring (bicyclic) bond motifs is 1. The third-order valence-electron chi connectivity index (χ3n) is 4.98. The zero-order chi connectivity index (χ0) is 16.9. The Bertz CT molecular complexity index is 820. The Kier molecular flexibility index (Phi) is 4.93. The van der Waals surface area contributed by atoms with Crippen LogP contribution in [0.3, 0.4) is 0 Å². The monoisotopic (exact) mass is 331 g/mol. The highest BCUT2D eigenvalue weighted by atomic mass is 15.1. The number of likely N-dealkylation sites (tertiary alicyclic amines) is 1. The summed E-state index contributed by atoms with van der Waals surface area (Å²) in [5.41, 5.74) is 4.41. The Hall–Kier alpha value is -2.39. The summed E-state index contributed by atoms with van der Waals surface area (Å²) in [5.74, 6) is 0. The lowest BCUT2D eigenvalue weighted by Gasteiger charge is -2.26. The van der Waals surface area contributed by atoms with Crippen molar-refractivity contribution in [1.29, 1.82) is 0 Å². The van der Waals surface area contributed by atoms with E-state index in [2.05, 4.69) is 58.7 Å². The number of hydrogen-bond acceptors (Lipinski definition) is 3. The molecule has 0 bridgehead atoms. The number of hydrogen-bond donors (Lipinski definition) is 1. The fourth-order valence-electron chi connectivity index (χ4n) is 3.53. The predicted octanol–water partition coefficient (Wildman–Crippen LogP) is 4.80. The molecule has 25 heavy (non-hydrogen) atoms. The summed E-state index contributed by atoms with van der Waals surface area (Å²) in [6, 6.07) is 21.1. The molecule has 3 heteroatoms. The minimum absolute atomic E-state index is 1.01. The number of benzene rings is 2. The van der Waals surface area contributed by atoms with Gasteiger partial charge in [-0.2, -0.15) is 0 Å². The number of rotatable bonds is 5. The molecule has 0 spiro atoms. The fraction of sp³-hybridized carbons (Fsp3) is 0.318. The predicted molar refractivity (Wildman–Crippen MR) is 106 cm³/mol. The van der Waals surface area contributed by atoms with Crippen LogP contribution in [0, 0.1) is 0 Å². The minimum atomic E-state index is 1.01. The number of aromatic nitrogens is 1. The van der Waals surface area contributed by atoms with Gasteiger partial charge in [-0.1, -0.05) is 42.8 Å². The Labute approximate surface area is 149 Å². The van der Waals surface area contributed by atoms with Gasteiger partial charge in [-0.3, -0.25) is 0 Å². The molecule has 1 N–H and O–H groups in total. The standard InChI is InChI=1S/C22H25N3/c1-4-15-25(16-5-1)17-14-23-20-11-8-19(9-12-20)22-13-10-18-6-2-3-7-21(18)24-22/h2-3,6-13,23H,1,4-5,14-17H2. The molecule has 2 heterocycles. The van der Waals surface area contributed by atoms with Crippen molar-refractivity contribution >= 4 is 16.6 Å². The van der Waals surface area contributed by atoms with E-state index in [0.29, 0.717) is 0 Å². The average molecular weight is 331 g/mol. The van der Waals surface area contributed by atoms with Gasteiger partial charge in [0.25, 0.3) is 0 Å². The molecule has 0 radical (unpaired) electrons. The van der Waals surface area contributed by atoms with Crippen LogP contribution >= 0.6 is 0 Å². The maximum atomic E-state index is 4.77. The van der Waals surface area contributed by atoms with Crippen LogP contribution in [0.1, 0.15) is 19.3 Å². The summed E-state index contributed by atoms with van der Waals surface area (Å²) in [5, 5.41) is 4.72.